The summed E-state index contributed by atoms with van der Waals surface area (Å²) in [6.45, 7) is 0. The SMILES string of the molecule is c1ccc([C]2=[C](c3ccccc3)[Ge][C](c3ccccc3)=[C](c3ccccc3)[Ge]2)cc1. The Bertz CT molecular complexity index is 999. The van der Waals surface area contributed by atoms with Gasteiger partial charge in [-0.15, -0.1) is 0 Å². The second-order valence-electron chi connectivity index (χ2n) is 7.21. The molecule has 1 aliphatic heterocycles. The van der Waals surface area contributed by atoms with Gasteiger partial charge in [0.2, 0.25) is 0 Å². The van der Waals surface area contributed by atoms with Crippen molar-refractivity contribution in [2.75, 3.05) is 0 Å². The molecule has 0 atom stereocenters. The van der Waals surface area contributed by atoms with Gasteiger partial charge in [0.05, 0.1) is 0 Å². The van der Waals surface area contributed by atoms with Crippen molar-refractivity contribution in [3.05, 3.63) is 144 Å². The molecule has 0 saturated carbocycles. The Kier molecular flexibility index (Phi) is 5.87. The van der Waals surface area contributed by atoms with Crippen LogP contribution in [0.1, 0.15) is 22.3 Å². The summed E-state index contributed by atoms with van der Waals surface area (Å²) < 4.78 is 6.45. The maximum absolute atomic E-state index is 2.30. The molecule has 0 nitrogen and oxygen atoms in total. The normalized spacial score (nSPS) is 14.1. The van der Waals surface area contributed by atoms with Gasteiger partial charge in [0.25, 0.3) is 0 Å². The first-order valence-corrected chi connectivity index (χ1v) is 14.3. The van der Waals surface area contributed by atoms with E-state index < -0.39 is 30.9 Å². The summed E-state index contributed by atoms with van der Waals surface area (Å²) in [7, 11) is 0. The topological polar surface area (TPSA) is 0 Å². The Morgan fingerprint density at radius 2 is 0.467 bits per heavy atom. The number of hydrogen-bond donors (Lipinski definition) is 0. The predicted molar refractivity (Wildman–Crippen MR) is 131 cm³/mol. The van der Waals surface area contributed by atoms with Crippen molar-refractivity contribution in [1.29, 1.82) is 0 Å². The third-order valence-corrected chi connectivity index (χ3v) is 14.1. The van der Waals surface area contributed by atoms with E-state index in [1.807, 2.05) is 0 Å². The Morgan fingerprint density at radius 3 is 0.667 bits per heavy atom. The fourth-order valence-corrected chi connectivity index (χ4v) is 12.4. The summed E-state index contributed by atoms with van der Waals surface area (Å²) in [5.74, 6) is 0. The van der Waals surface area contributed by atoms with Gasteiger partial charge < -0.3 is 0 Å². The minimum absolute atomic E-state index is 0.490. The molecular weight excluding hydrogens is 482 g/mol. The van der Waals surface area contributed by atoms with Crippen molar-refractivity contribution in [2.24, 2.45) is 0 Å². The molecular formula is C28H20Ge2. The monoisotopic (exact) mass is 504 g/mol. The molecule has 0 saturated heterocycles. The van der Waals surface area contributed by atoms with Crippen molar-refractivity contribution < 1.29 is 0 Å². The Morgan fingerprint density at radius 1 is 0.267 bits per heavy atom. The molecule has 0 amide bonds. The van der Waals surface area contributed by atoms with Crippen LogP contribution in [0, 0.1) is 0 Å². The Balaban J connectivity index is 1.72. The van der Waals surface area contributed by atoms with Gasteiger partial charge in [-0.1, -0.05) is 0 Å². The second-order valence-corrected chi connectivity index (χ2v) is 12.5. The van der Waals surface area contributed by atoms with Crippen LogP contribution < -0.4 is 0 Å². The van der Waals surface area contributed by atoms with E-state index in [1.165, 1.54) is 22.3 Å². The summed E-state index contributed by atoms with van der Waals surface area (Å²) in [5, 5.41) is 0. The standard InChI is InChI=1S/C28H20Ge2/c1-5-13-21(14-6-1)25-26(22-15-7-2-8-16-22)30-28(24-19-11-4-12-20-24)27(29-25)23-17-9-3-10-18-23/h1-20H. The molecule has 0 aromatic heterocycles. The molecule has 0 unspecified atom stereocenters. The van der Waals surface area contributed by atoms with E-state index in [2.05, 4.69) is 121 Å². The zero-order valence-corrected chi connectivity index (χ0v) is 20.7. The first-order chi connectivity index (χ1) is 14.9. The van der Waals surface area contributed by atoms with E-state index in [4.69, 9.17) is 0 Å². The summed E-state index contributed by atoms with van der Waals surface area (Å²) in [6.07, 6.45) is 0. The van der Waals surface area contributed by atoms with E-state index in [0.717, 1.165) is 0 Å². The molecule has 0 N–H and O–H groups in total. The summed E-state index contributed by atoms with van der Waals surface area (Å²) in [5.41, 5.74) is 5.61. The van der Waals surface area contributed by atoms with Gasteiger partial charge in [-0.2, -0.15) is 0 Å². The predicted octanol–water partition coefficient (Wildman–Crippen LogP) is 6.46. The van der Waals surface area contributed by atoms with Crippen LogP contribution in [0.25, 0.3) is 17.6 Å². The maximum atomic E-state index is 2.30. The number of hydrogen-bond acceptors (Lipinski definition) is 0. The molecule has 4 aromatic carbocycles. The molecule has 0 aliphatic carbocycles. The molecule has 2 heteroatoms. The molecule has 4 radical (unpaired) electrons. The summed E-state index contributed by atoms with van der Waals surface area (Å²) >= 11 is -0.981. The first-order valence-electron chi connectivity index (χ1n) is 10.1. The van der Waals surface area contributed by atoms with Gasteiger partial charge in [-0.25, -0.2) is 0 Å². The van der Waals surface area contributed by atoms with Gasteiger partial charge in [-0.3, -0.25) is 0 Å². The molecule has 0 bridgehead atoms. The molecule has 0 spiro atoms. The minimum atomic E-state index is -0.490. The van der Waals surface area contributed by atoms with Gasteiger partial charge >= 0.3 is 192 Å². The molecule has 30 heavy (non-hydrogen) atoms. The zero-order valence-electron chi connectivity index (χ0n) is 16.5. The van der Waals surface area contributed by atoms with Crippen molar-refractivity contribution >= 4 is 48.5 Å². The quantitative estimate of drug-likeness (QED) is 0.282. The Labute approximate surface area is 191 Å². The van der Waals surface area contributed by atoms with Gasteiger partial charge in [0.15, 0.2) is 0 Å². The van der Waals surface area contributed by atoms with Crippen molar-refractivity contribution in [1.82, 2.24) is 0 Å². The van der Waals surface area contributed by atoms with Gasteiger partial charge in [-0.05, 0) is 0 Å². The van der Waals surface area contributed by atoms with E-state index in [1.54, 1.807) is 17.6 Å². The van der Waals surface area contributed by atoms with Crippen molar-refractivity contribution in [2.45, 2.75) is 0 Å². The summed E-state index contributed by atoms with van der Waals surface area (Å²) in [4.78, 5) is 0. The molecule has 0 fully saturated rings. The number of benzene rings is 4. The summed E-state index contributed by atoms with van der Waals surface area (Å²) in [6, 6.07) is 44.3. The van der Waals surface area contributed by atoms with Gasteiger partial charge in [0, 0.05) is 0 Å². The van der Waals surface area contributed by atoms with Crippen LogP contribution in [0.2, 0.25) is 0 Å². The molecule has 1 heterocycles. The molecule has 140 valence electrons. The van der Waals surface area contributed by atoms with Crippen molar-refractivity contribution in [3.8, 4) is 0 Å². The average Bonchev–Trinajstić information content (AvgIpc) is 2.85. The van der Waals surface area contributed by atoms with Crippen LogP contribution in [-0.2, 0) is 0 Å². The zero-order chi connectivity index (χ0) is 20.2. The first kappa shape index (κ1) is 19.4. The number of rotatable bonds is 4. The fourth-order valence-electron chi connectivity index (χ4n) is 3.79. The molecule has 4 aromatic rings. The Hall–Kier alpha value is -2.55. The van der Waals surface area contributed by atoms with E-state index in [-0.39, 0.29) is 0 Å². The van der Waals surface area contributed by atoms with Crippen molar-refractivity contribution in [3.63, 3.8) is 0 Å². The van der Waals surface area contributed by atoms with Crippen LogP contribution in [0.3, 0.4) is 0 Å². The second kappa shape index (κ2) is 9.07. The van der Waals surface area contributed by atoms with Gasteiger partial charge in [0.1, 0.15) is 0 Å². The third-order valence-electron chi connectivity index (χ3n) is 5.25. The van der Waals surface area contributed by atoms with Crippen LogP contribution in [0.5, 0.6) is 0 Å². The van der Waals surface area contributed by atoms with Crippen LogP contribution >= 0.6 is 0 Å². The fraction of sp³-hybridized carbons (Fsp3) is 0. The molecule has 5 rings (SSSR count). The van der Waals surface area contributed by atoms with Crippen LogP contribution in [0.15, 0.2) is 121 Å². The third kappa shape index (κ3) is 4.03. The molecule has 1 aliphatic rings. The average molecular weight is 502 g/mol. The van der Waals surface area contributed by atoms with E-state index >= 15 is 0 Å². The van der Waals surface area contributed by atoms with Crippen LogP contribution in [0.4, 0.5) is 0 Å². The van der Waals surface area contributed by atoms with E-state index in [0.29, 0.717) is 0 Å². The van der Waals surface area contributed by atoms with E-state index in [9.17, 15) is 0 Å². The van der Waals surface area contributed by atoms with Crippen LogP contribution in [-0.4, -0.2) is 30.9 Å².